The van der Waals surface area contributed by atoms with Crippen LogP contribution in [-0.4, -0.2) is 24.4 Å². The van der Waals surface area contributed by atoms with Crippen LogP contribution in [0.25, 0.3) is 0 Å². The number of aryl methyl sites for hydroxylation is 2. The van der Waals surface area contributed by atoms with Crippen molar-refractivity contribution < 1.29 is 9.59 Å². The van der Waals surface area contributed by atoms with Gasteiger partial charge in [-0.2, -0.15) is 0 Å². The van der Waals surface area contributed by atoms with E-state index in [9.17, 15) is 9.59 Å². The average molecular weight is 322 g/mol. The Morgan fingerprint density at radius 2 is 1.88 bits per heavy atom. The van der Waals surface area contributed by atoms with E-state index in [2.05, 4.69) is 5.32 Å². The molecule has 1 aliphatic rings. The molecule has 0 unspecified atom stereocenters. The third kappa shape index (κ3) is 3.82. The second kappa shape index (κ2) is 6.87. The number of anilines is 1. The van der Waals surface area contributed by atoms with Gasteiger partial charge >= 0.3 is 0 Å². The highest BCUT2D eigenvalue weighted by Gasteiger charge is 2.31. The normalized spacial score (nSPS) is 17.2. The van der Waals surface area contributed by atoms with Crippen molar-refractivity contribution in [3.05, 3.63) is 65.2 Å². The molecule has 124 valence electrons. The minimum absolute atomic E-state index is 0.0378. The summed E-state index contributed by atoms with van der Waals surface area (Å²) in [6, 6.07) is 15.7. The Hall–Kier alpha value is -2.62. The third-order valence-electron chi connectivity index (χ3n) is 4.28. The summed E-state index contributed by atoms with van der Waals surface area (Å²) in [6.45, 7) is 4.56. The molecule has 1 atom stereocenters. The van der Waals surface area contributed by atoms with Crippen LogP contribution in [0.4, 0.5) is 5.69 Å². The highest BCUT2D eigenvalue weighted by molar-refractivity contribution is 5.96. The van der Waals surface area contributed by atoms with Crippen LogP contribution in [0, 0.1) is 13.8 Å². The Kier molecular flexibility index (Phi) is 4.65. The third-order valence-corrected chi connectivity index (χ3v) is 4.28. The minimum atomic E-state index is -0.129. The van der Waals surface area contributed by atoms with Crippen molar-refractivity contribution in [3.8, 4) is 0 Å². The van der Waals surface area contributed by atoms with E-state index in [-0.39, 0.29) is 17.9 Å². The van der Waals surface area contributed by atoms with Gasteiger partial charge in [-0.3, -0.25) is 9.59 Å². The molecule has 1 fully saturated rings. The molecule has 0 saturated carbocycles. The first-order valence-electron chi connectivity index (χ1n) is 8.23. The van der Waals surface area contributed by atoms with E-state index in [1.54, 1.807) is 4.90 Å². The second-order valence-electron chi connectivity index (χ2n) is 6.47. The van der Waals surface area contributed by atoms with Crippen LogP contribution in [0.3, 0.4) is 0 Å². The molecule has 1 N–H and O–H groups in total. The number of amides is 2. The van der Waals surface area contributed by atoms with E-state index in [0.717, 1.165) is 22.4 Å². The Morgan fingerprint density at radius 1 is 1.12 bits per heavy atom. The summed E-state index contributed by atoms with van der Waals surface area (Å²) >= 11 is 0. The molecule has 0 spiro atoms. The molecule has 0 bridgehead atoms. The molecular weight excluding hydrogens is 300 g/mol. The van der Waals surface area contributed by atoms with E-state index >= 15 is 0 Å². The Balaban J connectivity index is 1.59. The van der Waals surface area contributed by atoms with E-state index in [1.165, 1.54) is 0 Å². The summed E-state index contributed by atoms with van der Waals surface area (Å²) in [5.41, 5.74) is 4.18. The zero-order chi connectivity index (χ0) is 17.1. The summed E-state index contributed by atoms with van der Waals surface area (Å²) in [4.78, 5) is 26.2. The van der Waals surface area contributed by atoms with E-state index < -0.39 is 0 Å². The topological polar surface area (TPSA) is 49.4 Å². The lowest BCUT2D eigenvalue weighted by molar-refractivity contribution is -0.121. The lowest BCUT2D eigenvalue weighted by Crippen LogP contribution is -2.38. The van der Waals surface area contributed by atoms with Crippen molar-refractivity contribution in [1.29, 1.82) is 0 Å². The quantitative estimate of drug-likeness (QED) is 0.941. The second-order valence-corrected chi connectivity index (χ2v) is 6.47. The molecule has 4 heteroatoms. The molecule has 2 aromatic rings. The zero-order valence-corrected chi connectivity index (χ0v) is 14.1. The van der Waals surface area contributed by atoms with Crippen molar-refractivity contribution in [2.45, 2.75) is 32.7 Å². The first-order chi connectivity index (χ1) is 11.5. The molecular formula is C20H22N2O2. The van der Waals surface area contributed by atoms with Crippen LogP contribution < -0.4 is 10.2 Å². The Bertz CT molecular complexity index is 752. The highest BCUT2D eigenvalue weighted by atomic mass is 16.2. The molecule has 0 radical (unpaired) electrons. The van der Waals surface area contributed by atoms with Gasteiger partial charge in [0.05, 0.1) is 12.5 Å². The maximum atomic E-state index is 12.2. The molecule has 3 rings (SSSR count). The first kappa shape index (κ1) is 16.2. The van der Waals surface area contributed by atoms with E-state index in [1.807, 2.05) is 62.4 Å². The van der Waals surface area contributed by atoms with Gasteiger partial charge in [-0.25, -0.2) is 0 Å². The van der Waals surface area contributed by atoms with Crippen molar-refractivity contribution >= 4 is 17.5 Å². The number of rotatable bonds is 4. The highest BCUT2D eigenvalue weighted by Crippen LogP contribution is 2.22. The van der Waals surface area contributed by atoms with Crippen LogP contribution in [0.15, 0.2) is 48.5 Å². The number of hydrogen-bond acceptors (Lipinski definition) is 2. The van der Waals surface area contributed by atoms with Gasteiger partial charge in [-0.05, 0) is 31.5 Å². The lowest BCUT2D eigenvalue weighted by Gasteiger charge is -2.17. The molecule has 4 nitrogen and oxygen atoms in total. The van der Waals surface area contributed by atoms with Crippen molar-refractivity contribution in [3.63, 3.8) is 0 Å². The number of carbonyl (C=O) groups is 2. The predicted molar refractivity (Wildman–Crippen MR) is 95.0 cm³/mol. The fourth-order valence-electron chi connectivity index (χ4n) is 3.06. The van der Waals surface area contributed by atoms with Gasteiger partial charge in [0, 0.05) is 18.7 Å². The average Bonchev–Trinajstić information content (AvgIpc) is 2.88. The molecule has 0 aromatic heterocycles. The lowest BCUT2D eigenvalue weighted by atomic mass is 10.1. The van der Waals surface area contributed by atoms with Gasteiger partial charge in [0.2, 0.25) is 11.8 Å². The molecule has 2 aromatic carbocycles. The monoisotopic (exact) mass is 322 g/mol. The van der Waals surface area contributed by atoms with E-state index in [4.69, 9.17) is 0 Å². The summed E-state index contributed by atoms with van der Waals surface area (Å²) in [7, 11) is 0. The maximum Gasteiger partial charge on any atom is 0.229 e. The van der Waals surface area contributed by atoms with Crippen LogP contribution in [-0.2, 0) is 16.0 Å². The first-order valence-corrected chi connectivity index (χ1v) is 8.23. The smallest absolute Gasteiger partial charge is 0.229 e. The fraction of sp³-hybridized carbons (Fsp3) is 0.300. The van der Waals surface area contributed by atoms with Crippen LogP contribution >= 0.6 is 0 Å². The zero-order valence-electron chi connectivity index (χ0n) is 14.1. The standard InChI is InChI=1S/C20H22N2O2/c1-14-6-8-18(9-7-14)22-13-17(12-20(22)24)21-19(23)11-16-5-3-4-15(2)10-16/h3-10,17H,11-13H2,1-2H3,(H,21,23)/t17-/m1/s1. The molecule has 1 heterocycles. The van der Waals surface area contributed by atoms with Gasteiger partial charge in [0.25, 0.3) is 0 Å². The Labute approximate surface area is 142 Å². The summed E-state index contributed by atoms with van der Waals surface area (Å²) in [5, 5.41) is 2.99. The van der Waals surface area contributed by atoms with Gasteiger partial charge in [0.15, 0.2) is 0 Å². The van der Waals surface area contributed by atoms with Crippen LogP contribution in [0.2, 0.25) is 0 Å². The number of carbonyl (C=O) groups excluding carboxylic acids is 2. The van der Waals surface area contributed by atoms with Gasteiger partial charge in [-0.1, -0.05) is 47.5 Å². The van der Waals surface area contributed by atoms with Gasteiger partial charge in [-0.15, -0.1) is 0 Å². The molecule has 1 aliphatic heterocycles. The maximum absolute atomic E-state index is 12.2. The summed E-state index contributed by atoms with van der Waals surface area (Å²) < 4.78 is 0. The number of hydrogen-bond donors (Lipinski definition) is 1. The van der Waals surface area contributed by atoms with Gasteiger partial charge < -0.3 is 10.2 Å². The molecule has 24 heavy (non-hydrogen) atoms. The van der Waals surface area contributed by atoms with Crippen molar-refractivity contribution in [1.82, 2.24) is 5.32 Å². The van der Waals surface area contributed by atoms with Crippen molar-refractivity contribution in [2.24, 2.45) is 0 Å². The largest absolute Gasteiger partial charge is 0.351 e. The minimum Gasteiger partial charge on any atom is -0.351 e. The van der Waals surface area contributed by atoms with Crippen LogP contribution in [0.5, 0.6) is 0 Å². The molecule has 2 amide bonds. The summed E-state index contributed by atoms with van der Waals surface area (Å²) in [5.74, 6) is 0.0175. The van der Waals surface area contributed by atoms with E-state index in [0.29, 0.717) is 19.4 Å². The number of nitrogens with zero attached hydrogens (tertiary/aromatic N) is 1. The van der Waals surface area contributed by atoms with Gasteiger partial charge in [0.1, 0.15) is 0 Å². The predicted octanol–water partition coefficient (Wildman–Crippen LogP) is 2.77. The van der Waals surface area contributed by atoms with Crippen molar-refractivity contribution in [2.75, 3.05) is 11.4 Å². The fourth-order valence-corrected chi connectivity index (χ4v) is 3.06. The number of nitrogens with one attached hydrogen (secondary N) is 1. The molecule has 0 aliphatic carbocycles. The Morgan fingerprint density at radius 3 is 2.58 bits per heavy atom. The van der Waals surface area contributed by atoms with Crippen LogP contribution in [0.1, 0.15) is 23.1 Å². The summed E-state index contributed by atoms with van der Waals surface area (Å²) in [6.07, 6.45) is 0.699. The molecule has 1 saturated heterocycles. The number of benzene rings is 2. The SMILES string of the molecule is Cc1ccc(N2C[C@H](NC(=O)Cc3cccc(C)c3)CC2=O)cc1.